The summed E-state index contributed by atoms with van der Waals surface area (Å²) in [5.41, 5.74) is 3.78. The highest BCUT2D eigenvalue weighted by atomic mass is 35.5. The summed E-state index contributed by atoms with van der Waals surface area (Å²) >= 11 is 8.52. The normalized spacial score (nSPS) is 13.8. The van der Waals surface area contributed by atoms with E-state index in [0.717, 1.165) is 38.3 Å². The van der Waals surface area contributed by atoms with Crippen LogP contribution in [0.3, 0.4) is 0 Å². The van der Waals surface area contributed by atoms with Crippen molar-refractivity contribution in [1.29, 1.82) is 0 Å². The molecule has 336 valence electrons. The maximum atomic E-state index is 14.3. The smallest absolute Gasteiger partial charge is 0.345 e. The highest BCUT2D eigenvalue weighted by molar-refractivity contribution is 7.22. The molecule has 0 unspecified atom stereocenters. The Balaban J connectivity index is 1.12. The molecule has 1 N–H and O–H groups in total. The molecule has 1 saturated heterocycles. The van der Waals surface area contributed by atoms with E-state index in [4.69, 9.17) is 40.3 Å². The number of fused-ring (bicyclic) bond motifs is 1. The molecule has 65 heavy (non-hydrogen) atoms. The maximum Gasteiger partial charge on any atom is 0.345 e. The van der Waals surface area contributed by atoms with Gasteiger partial charge in [-0.1, -0.05) is 54.1 Å². The second kappa shape index (κ2) is 20.6. The van der Waals surface area contributed by atoms with Gasteiger partial charge >= 0.3 is 5.97 Å². The molecule has 0 bridgehead atoms. The summed E-state index contributed by atoms with van der Waals surface area (Å²) in [7, 11) is 3.71. The number of ether oxygens (including phenoxy) is 5. The Hall–Kier alpha value is -6.39. The molecule has 13 nitrogen and oxygen atoms in total. The van der Waals surface area contributed by atoms with Crippen molar-refractivity contribution in [3.63, 3.8) is 0 Å². The third kappa shape index (κ3) is 10.6. The monoisotopic (exact) mass is 918 g/mol. The molecule has 1 aliphatic rings. The number of piperazine rings is 1. The molecule has 1 aliphatic heterocycles. The molecule has 0 saturated carbocycles. The van der Waals surface area contributed by atoms with Crippen molar-refractivity contribution in [2.45, 2.75) is 39.1 Å². The number of para-hydroxylation sites is 2. The van der Waals surface area contributed by atoms with E-state index in [-0.39, 0.29) is 30.0 Å². The van der Waals surface area contributed by atoms with Gasteiger partial charge in [0.05, 0.1) is 29.9 Å². The fourth-order valence-corrected chi connectivity index (χ4v) is 8.94. The summed E-state index contributed by atoms with van der Waals surface area (Å²) < 4.78 is 45.3. The zero-order valence-electron chi connectivity index (χ0n) is 36.4. The number of carboxylic acids is 1. The van der Waals surface area contributed by atoms with E-state index in [0.29, 0.717) is 78.5 Å². The van der Waals surface area contributed by atoms with Crippen molar-refractivity contribution in [1.82, 2.24) is 29.7 Å². The molecule has 4 aromatic carbocycles. The summed E-state index contributed by atoms with van der Waals surface area (Å²) in [5, 5.41) is 11.4. The van der Waals surface area contributed by atoms with Crippen LogP contribution >= 0.6 is 22.9 Å². The van der Waals surface area contributed by atoms with Gasteiger partial charge in [-0.15, -0.1) is 11.3 Å². The molecule has 0 amide bonds. The van der Waals surface area contributed by atoms with E-state index in [1.807, 2.05) is 50.2 Å². The van der Waals surface area contributed by atoms with Crippen molar-refractivity contribution in [2.24, 2.45) is 0 Å². The molecule has 7 aromatic rings. The van der Waals surface area contributed by atoms with Crippen molar-refractivity contribution in [3.05, 3.63) is 126 Å². The van der Waals surface area contributed by atoms with E-state index in [1.54, 1.807) is 55.8 Å². The number of halogens is 2. The zero-order chi connectivity index (χ0) is 45.5. The fraction of sp³-hybridized carbons (Fsp3) is 0.286. The number of methoxy groups -OCH3 is 1. The van der Waals surface area contributed by atoms with Crippen LogP contribution in [0.4, 0.5) is 4.39 Å². The third-order valence-electron chi connectivity index (χ3n) is 10.8. The number of nitrogens with zero attached hydrogens (tertiary/aromatic N) is 6. The second-order valence-corrected chi connectivity index (χ2v) is 17.1. The first kappa shape index (κ1) is 45.2. The van der Waals surface area contributed by atoms with Gasteiger partial charge in [0, 0.05) is 61.3 Å². The average molecular weight is 919 g/mol. The lowest BCUT2D eigenvalue weighted by Crippen LogP contribution is -2.45. The van der Waals surface area contributed by atoms with Gasteiger partial charge in [-0.25, -0.2) is 29.1 Å². The fourth-order valence-electron chi connectivity index (χ4n) is 7.53. The molecule has 16 heteroatoms. The summed E-state index contributed by atoms with van der Waals surface area (Å²) in [6, 6.07) is 26.2. The lowest BCUT2D eigenvalue weighted by atomic mass is 9.98. The summed E-state index contributed by atoms with van der Waals surface area (Å²) in [6.07, 6.45) is 1.20. The molecule has 0 spiro atoms. The number of carboxylic acid groups (broad SMARTS) is 1. The number of hydrogen-bond donors (Lipinski definition) is 1. The second-order valence-electron chi connectivity index (χ2n) is 15.7. The lowest BCUT2D eigenvalue weighted by molar-refractivity contribution is -0.145. The molecule has 1 atom stereocenters. The predicted octanol–water partition coefficient (Wildman–Crippen LogP) is 9.35. The van der Waals surface area contributed by atoms with E-state index in [9.17, 15) is 14.3 Å². The van der Waals surface area contributed by atoms with Gasteiger partial charge in [0.2, 0.25) is 12.0 Å². The van der Waals surface area contributed by atoms with Crippen LogP contribution in [0.15, 0.2) is 104 Å². The largest absolute Gasteiger partial charge is 0.496 e. The van der Waals surface area contributed by atoms with E-state index in [2.05, 4.69) is 31.8 Å². The summed E-state index contributed by atoms with van der Waals surface area (Å²) in [5.74, 6) is 0.811. The van der Waals surface area contributed by atoms with E-state index >= 15 is 0 Å². The number of hydrogen-bond acceptors (Lipinski definition) is 13. The van der Waals surface area contributed by atoms with Gasteiger partial charge in [0.25, 0.3) is 0 Å². The first-order valence-corrected chi connectivity index (χ1v) is 22.4. The van der Waals surface area contributed by atoms with Gasteiger partial charge in [-0.2, -0.15) is 0 Å². The van der Waals surface area contributed by atoms with E-state index in [1.165, 1.54) is 29.8 Å². The van der Waals surface area contributed by atoms with Crippen molar-refractivity contribution in [2.75, 3.05) is 53.5 Å². The number of benzene rings is 4. The highest BCUT2D eigenvalue weighted by Gasteiger charge is 2.30. The third-order valence-corrected chi connectivity index (χ3v) is 12.4. The molecule has 0 aliphatic carbocycles. The molecular formula is C49H48ClFN6O7S. The first-order chi connectivity index (χ1) is 31.6. The van der Waals surface area contributed by atoms with Gasteiger partial charge in [0.15, 0.2) is 5.82 Å². The SMILES string of the molecule is COc1ccccc1-c1nccc(COc2ccccc2C[C@@H](Oc2ncnc3sc(-c4ccc(F)cc4)c(-c4ccc(OCCN5CCN(C)CC5)c(Cl)c4OC(C)C)c23)C(=O)O)n1. The number of likely N-dealkylation sites (N-methyl/N-ethyl adjacent to an activating group) is 1. The lowest BCUT2D eigenvalue weighted by Gasteiger charge is -2.32. The van der Waals surface area contributed by atoms with Crippen LogP contribution in [0.5, 0.6) is 28.9 Å². The van der Waals surface area contributed by atoms with Gasteiger partial charge < -0.3 is 33.7 Å². The minimum absolute atomic E-state index is 0.0318. The predicted molar refractivity (Wildman–Crippen MR) is 249 cm³/mol. The van der Waals surface area contributed by atoms with Gasteiger partial charge in [-0.05, 0) is 80.6 Å². The molecule has 8 rings (SSSR count). The van der Waals surface area contributed by atoms with Crippen LogP contribution in [0.25, 0.3) is 43.2 Å². The summed E-state index contributed by atoms with van der Waals surface area (Å²) in [4.78, 5) is 37.3. The van der Waals surface area contributed by atoms with Crippen LogP contribution in [0, 0.1) is 5.82 Å². The van der Waals surface area contributed by atoms with Crippen molar-refractivity contribution in [3.8, 4) is 61.8 Å². The molecular weight excluding hydrogens is 871 g/mol. The van der Waals surface area contributed by atoms with Crippen LogP contribution in [-0.2, 0) is 17.8 Å². The standard InChI is InChI=1S/C49H48ClFN6O7S/c1-30(2)63-44-36(17-18-39(43(44)50)61-26-25-57-23-21-56(3)22-24-57)41-42-47(53-29-54-48(42)65-45(41)31-13-15-33(51)16-14-31)64-40(49(58)59)27-32-9-5-7-11-37(32)62-28-34-19-20-52-46(55-34)35-10-6-8-12-38(35)60-4/h5-20,29-30,40H,21-28H2,1-4H3,(H,58,59)/t40-/m1/s1. The van der Waals surface area contributed by atoms with Crippen LogP contribution in [0.1, 0.15) is 25.1 Å². The Morgan fingerprint density at radius 2 is 1.62 bits per heavy atom. The number of carbonyl (C=O) groups is 1. The quantitative estimate of drug-likeness (QED) is 0.0875. The minimum Gasteiger partial charge on any atom is -0.496 e. The highest BCUT2D eigenvalue weighted by Crippen LogP contribution is 2.52. The Morgan fingerprint density at radius 3 is 2.37 bits per heavy atom. The minimum atomic E-state index is -1.41. The first-order valence-electron chi connectivity index (χ1n) is 21.2. The molecule has 1 fully saturated rings. The molecule has 0 radical (unpaired) electrons. The van der Waals surface area contributed by atoms with Crippen molar-refractivity contribution >= 4 is 39.1 Å². The summed E-state index contributed by atoms with van der Waals surface area (Å²) in [6.45, 7) is 8.95. The van der Waals surface area contributed by atoms with Gasteiger partial charge in [0.1, 0.15) is 58.2 Å². The van der Waals surface area contributed by atoms with Gasteiger partial charge in [-0.3, -0.25) is 4.90 Å². The topological polar surface area (TPSA) is 141 Å². The number of thiophene rings is 1. The number of aliphatic carboxylic acids is 1. The molecule has 3 aromatic heterocycles. The Labute approximate surface area is 385 Å². The Morgan fingerprint density at radius 1 is 0.862 bits per heavy atom. The molecule has 4 heterocycles. The van der Waals surface area contributed by atoms with Crippen molar-refractivity contribution < 1.29 is 38.0 Å². The van der Waals surface area contributed by atoms with E-state index < -0.39 is 17.9 Å². The Kier molecular flexibility index (Phi) is 14.3. The Bertz CT molecular complexity index is 2770. The van der Waals surface area contributed by atoms with Crippen LogP contribution in [0.2, 0.25) is 5.02 Å². The number of aromatic nitrogens is 4. The maximum absolute atomic E-state index is 14.3. The number of rotatable bonds is 18. The van der Waals surface area contributed by atoms with Crippen LogP contribution < -0.4 is 23.7 Å². The average Bonchev–Trinajstić information content (AvgIpc) is 3.70. The van der Waals surface area contributed by atoms with Crippen LogP contribution in [-0.4, -0.2) is 107 Å². The zero-order valence-corrected chi connectivity index (χ0v) is 37.9.